The molecule has 0 spiro atoms. The zero-order chi connectivity index (χ0) is 8.15. The Labute approximate surface area is 62.9 Å². The fourth-order valence-electron chi connectivity index (χ4n) is 0.457. The summed E-state index contributed by atoms with van der Waals surface area (Å²) in [6.45, 7) is 9.67. The van der Waals surface area contributed by atoms with Gasteiger partial charge in [0.2, 0.25) is 0 Å². The van der Waals surface area contributed by atoms with Gasteiger partial charge in [0.1, 0.15) is 0 Å². The van der Waals surface area contributed by atoms with Crippen molar-refractivity contribution >= 4 is 0 Å². The van der Waals surface area contributed by atoms with Gasteiger partial charge in [-0.05, 0) is 32.4 Å². The second-order valence-electron chi connectivity index (χ2n) is 2.40. The summed E-state index contributed by atoms with van der Waals surface area (Å²) in [5, 5.41) is 0. The number of nitrogens with two attached hydrogens (primary N) is 1. The SMILES string of the molecule is C=C(C)/C(C)=C\C(N)=C/C. The van der Waals surface area contributed by atoms with Gasteiger partial charge in [-0.2, -0.15) is 0 Å². The zero-order valence-corrected chi connectivity index (χ0v) is 6.94. The van der Waals surface area contributed by atoms with E-state index >= 15 is 0 Å². The molecule has 0 heterocycles. The monoisotopic (exact) mass is 137 g/mol. The van der Waals surface area contributed by atoms with Gasteiger partial charge in [-0.3, -0.25) is 0 Å². The molecule has 0 bridgehead atoms. The fourth-order valence-corrected chi connectivity index (χ4v) is 0.457. The van der Waals surface area contributed by atoms with Crippen LogP contribution in [0.2, 0.25) is 0 Å². The average molecular weight is 137 g/mol. The van der Waals surface area contributed by atoms with Crippen LogP contribution < -0.4 is 5.73 Å². The molecule has 0 aliphatic heterocycles. The Kier molecular flexibility index (Phi) is 3.55. The third-order valence-electron chi connectivity index (χ3n) is 1.39. The van der Waals surface area contributed by atoms with Gasteiger partial charge in [0, 0.05) is 5.70 Å². The van der Waals surface area contributed by atoms with E-state index in [1.807, 2.05) is 32.9 Å². The normalized spacial score (nSPS) is 13.5. The Balaban J connectivity index is 4.31. The van der Waals surface area contributed by atoms with Gasteiger partial charge in [-0.15, -0.1) is 0 Å². The number of hydrogen-bond donors (Lipinski definition) is 1. The van der Waals surface area contributed by atoms with Crippen molar-refractivity contribution in [1.82, 2.24) is 0 Å². The average Bonchev–Trinajstić information content (AvgIpc) is 1.87. The third-order valence-corrected chi connectivity index (χ3v) is 1.39. The molecule has 0 fully saturated rings. The van der Waals surface area contributed by atoms with Crippen LogP contribution in [-0.4, -0.2) is 0 Å². The molecule has 0 radical (unpaired) electrons. The lowest BCUT2D eigenvalue weighted by molar-refractivity contribution is 1.30. The highest BCUT2D eigenvalue weighted by molar-refractivity contribution is 5.31. The van der Waals surface area contributed by atoms with Gasteiger partial charge >= 0.3 is 0 Å². The van der Waals surface area contributed by atoms with Crippen molar-refractivity contribution in [2.75, 3.05) is 0 Å². The van der Waals surface area contributed by atoms with E-state index in [-0.39, 0.29) is 0 Å². The maximum Gasteiger partial charge on any atom is 0.0273 e. The lowest BCUT2D eigenvalue weighted by Gasteiger charge is -1.97. The Morgan fingerprint density at radius 2 is 1.90 bits per heavy atom. The smallest absolute Gasteiger partial charge is 0.0273 e. The van der Waals surface area contributed by atoms with Crippen molar-refractivity contribution < 1.29 is 0 Å². The van der Waals surface area contributed by atoms with E-state index in [4.69, 9.17) is 5.73 Å². The minimum atomic E-state index is 0.792. The van der Waals surface area contributed by atoms with Crippen molar-refractivity contribution in [3.63, 3.8) is 0 Å². The molecule has 1 heteroatoms. The van der Waals surface area contributed by atoms with E-state index in [1.165, 1.54) is 0 Å². The van der Waals surface area contributed by atoms with Crippen molar-refractivity contribution in [3.8, 4) is 0 Å². The molecule has 2 N–H and O–H groups in total. The number of allylic oxidation sites excluding steroid dienone is 4. The second kappa shape index (κ2) is 3.94. The van der Waals surface area contributed by atoms with Gasteiger partial charge in [0.05, 0.1) is 0 Å². The summed E-state index contributed by atoms with van der Waals surface area (Å²) in [5.41, 5.74) is 8.54. The van der Waals surface area contributed by atoms with E-state index in [0.29, 0.717) is 0 Å². The maximum absolute atomic E-state index is 5.56. The highest BCUT2D eigenvalue weighted by atomic mass is 14.5. The number of rotatable bonds is 2. The molecule has 0 saturated carbocycles. The maximum atomic E-state index is 5.56. The standard InChI is InChI=1S/C9H15N/c1-5-9(10)6-8(4)7(2)3/h5-6H,2,10H2,1,3-4H3/b8-6-,9-5+. The van der Waals surface area contributed by atoms with Crippen molar-refractivity contribution in [3.05, 3.63) is 35.6 Å². The van der Waals surface area contributed by atoms with Crippen LogP contribution in [0.15, 0.2) is 35.6 Å². The van der Waals surface area contributed by atoms with E-state index in [1.54, 1.807) is 0 Å². The summed E-state index contributed by atoms with van der Waals surface area (Å²) in [6, 6.07) is 0. The zero-order valence-electron chi connectivity index (χ0n) is 6.94. The van der Waals surface area contributed by atoms with E-state index < -0.39 is 0 Å². The summed E-state index contributed by atoms with van der Waals surface area (Å²) in [6.07, 6.45) is 3.79. The molecule has 0 atom stereocenters. The third kappa shape index (κ3) is 3.13. The first-order valence-corrected chi connectivity index (χ1v) is 3.34. The van der Waals surface area contributed by atoms with Gasteiger partial charge in [-0.25, -0.2) is 0 Å². The Morgan fingerprint density at radius 1 is 1.40 bits per heavy atom. The van der Waals surface area contributed by atoms with Crippen LogP contribution in [0.25, 0.3) is 0 Å². The van der Waals surface area contributed by atoms with Crippen molar-refractivity contribution in [1.29, 1.82) is 0 Å². The molecule has 0 aliphatic carbocycles. The first-order valence-electron chi connectivity index (χ1n) is 3.34. The van der Waals surface area contributed by atoms with Crippen LogP contribution in [0.3, 0.4) is 0 Å². The number of hydrogen-bond acceptors (Lipinski definition) is 1. The molecule has 0 rings (SSSR count). The lowest BCUT2D eigenvalue weighted by atomic mass is 10.1. The van der Waals surface area contributed by atoms with Gasteiger partial charge in [0.15, 0.2) is 0 Å². The fraction of sp³-hybridized carbons (Fsp3) is 0.333. The lowest BCUT2D eigenvalue weighted by Crippen LogP contribution is -1.93. The topological polar surface area (TPSA) is 26.0 Å². The highest BCUT2D eigenvalue weighted by Gasteiger charge is 1.88. The van der Waals surface area contributed by atoms with Crippen LogP contribution in [0.5, 0.6) is 0 Å². The first kappa shape index (κ1) is 9.02. The van der Waals surface area contributed by atoms with Crippen LogP contribution in [0.1, 0.15) is 20.8 Å². The largest absolute Gasteiger partial charge is 0.399 e. The highest BCUT2D eigenvalue weighted by Crippen LogP contribution is 2.06. The van der Waals surface area contributed by atoms with Gasteiger partial charge in [0.25, 0.3) is 0 Å². The van der Waals surface area contributed by atoms with Gasteiger partial charge in [-0.1, -0.05) is 18.2 Å². The first-order chi connectivity index (χ1) is 4.57. The Hall–Kier alpha value is -0.980. The Morgan fingerprint density at radius 3 is 2.20 bits per heavy atom. The van der Waals surface area contributed by atoms with Crippen LogP contribution in [0, 0.1) is 0 Å². The van der Waals surface area contributed by atoms with Gasteiger partial charge < -0.3 is 5.73 Å². The molecule has 0 aliphatic rings. The second-order valence-corrected chi connectivity index (χ2v) is 2.40. The summed E-state index contributed by atoms with van der Waals surface area (Å²) in [4.78, 5) is 0. The summed E-state index contributed by atoms with van der Waals surface area (Å²) in [5.74, 6) is 0. The Bertz CT molecular complexity index is 185. The predicted octanol–water partition coefficient (Wildman–Crippen LogP) is 2.37. The molecule has 0 unspecified atom stereocenters. The van der Waals surface area contributed by atoms with E-state index in [0.717, 1.165) is 16.8 Å². The summed E-state index contributed by atoms with van der Waals surface area (Å²) in [7, 11) is 0. The minimum Gasteiger partial charge on any atom is -0.399 e. The molecule has 0 amide bonds. The van der Waals surface area contributed by atoms with Crippen LogP contribution >= 0.6 is 0 Å². The van der Waals surface area contributed by atoms with Crippen LogP contribution in [0.4, 0.5) is 0 Å². The molecule has 56 valence electrons. The molecular weight excluding hydrogens is 122 g/mol. The van der Waals surface area contributed by atoms with Crippen molar-refractivity contribution in [2.45, 2.75) is 20.8 Å². The molecule has 0 aromatic rings. The van der Waals surface area contributed by atoms with E-state index in [2.05, 4.69) is 6.58 Å². The molecule has 0 aromatic carbocycles. The molecular formula is C9H15N. The van der Waals surface area contributed by atoms with E-state index in [9.17, 15) is 0 Å². The summed E-state index contributed by atoms with van der Waals surface area (Å²) < 4.78 is 0. The van der Waals surface area contributed by atoms with Crippen LogP contribution in [-0.2, 0) is 0 Å². The van der Waals surface area contributed by atoms with Crippen molar-refractivity contribution in [2.24, 2.45) is 5.73 Å². The molecule has 0 saturated heterocycles. The molecule has 0 aromatic heterocycles. The molecule has 10 heavy (non-hydrogen) atoms. The quantitative estimate of drug-likeness (QED) is 0.581. The predicted molar refractivity (Wildman–Crippen MR) is 46.5 cm³/mol. The minimum absolute atomic E-state index is 0.792. The summed E-state index contributed by atoms with van der Waals surface area (Å²) >= 11 is 0. The molecule has 1 nitrogen and oxygen atoms in total.